The van der Waals surface area contributed by atoms with Gasteiger partial charge in [-0.2, -0.15) is 4.31 Å². The number of carbonyl (C=O) groups excluding carboxylic acids is 1. The molecule has 10 heteroatoms. The van der Waals surface area contributed by atoms with Crippen LogP contribution in [0.1, 0.15) is 54.9 Å². The molecule has 1 aromatic heterocycles. The molecule has 1 aromatic carbocycles. The largest absolute Gasteiger partial charge is 0.351 e. The normalized spacial score (nSPS) is 12.5. The third kappa shape index (κ3) is 7.04. The van der Waals surface area contributed by atoms with Crippen molar-refractivity contribution >= 4 is 27.7 Å². The lowest BCUT2D eigenvalue weighted by Crippen LogP contribution is -2.43. The average Bonchev–Trinajstić information content (AvgIpc) is 3.14. The number of thioether (sulfide) groups is 1. The van der Waals surface area contributed by atoms with E-state index in [4.69, 9.17) is 0 Å². The average molecular weight is 496 g/mol. The summed E-state index contributed by atoms with van der Waals surface area (Å²) in [6, 6.07) is 6.83. The standard InChI is InChI=1S/C23H37N5O3S2/c1-8-23(6,7)24-20(29)16-32-22-26-25-21(28(22)15-17(4)5)18-12-11-13-19(14-18)33(30,31)27(9-2)10-3/h11-14,17H,8-10,15-16H2,1-7H3,(H,24,29). The zero-order valence-corrected chi connectivity index (χ0v) is 22.4. The van der Waals surface area contributed by atoms with Crippen LogP contribution in [0.5, 0.6) is 0 Å². The van der Waals surface area contributed by atoms with Crippen LogP contribution in [0.25, 0.3) is 11.4 Å². The third-order valence-electron chi connectivity index (χ3n) is 5.39. The van der Waals surface area contributed by atoms with Crippen molar-refractivity contribution in [2.45, 2.75) is 77.0 Å². The number of hydrogen-bond donors (Lipinski definition) is 1. The van der Waals surface area contributed by atoms with Crippen LogP contribution in [-0.4, -0.2) is 57.8 Å². The Balaban J connectivity index is 2.36. The van der Waals surface area contributed by atoms with Crippen molar-refractivity contribution < 1.29 is 13.2 Å². The Morgan fingerprint density at radius 1 is 1.18 bits per heavy atom. The number of hydrogen-bond acceptors (Lipinski definition) is 6. The smallest absolute Gasteiger partial charge is 0.243 e. The molecule has 0 aliphatic heterocycles. The zero-order chi connectivity index (χ0) is 24.8. The molecule has 184 valence electrons. The van der Waals surface area contributed by atoms with E-state index in [1.54, 1.807) is 18.2 Å². The van der Waals surface area contributed by atoms with E-state index in [1.807, 2.05) is 45.3 Å². The number of rotatable bonds is 12. The minimum Gasteiger partial charge on any atom is -0.351 e. The van der Waals surface area contributed by atoms with E-state index in [-0.39, 0.29) is 22.1 Å². The molecule has 0 aliphatic rings. The first-order valence-electron chi connectivity index (χ1n) is 11.4. The Morgan fingerprint density at radius 2 is 1.85 bits per heavy atom. The van der Waals surface area contributed by atoms with Gasteiger partial charge in [-0.25, -0.2) is 8.42 Å². The summed E-state index contributed by atoms with van der Waals surface area (Å²) < 4.78 is 29.4. The van der Waals surface area contributed by atoms with Gasteiger partial charge in [0.15, 0.2) is 11.0 Å². The second kappa shape index (κ2) is 11.5. The van der Waals surface area contributed by atoms with Gasteiger partial charge in [-0.3, -0.25) is 4.79 Å². The van der Waals surface area contributed by atoms with Crippen LogP contribution in [0, 0.1) is 5.92 Å². The van der Waals surface area contributed by atoms with Gasteiger partial charge in [0, 0.05) is 30.7 Å². The first kappa shape index (κ1) is 27.3. The number of carbonyl (C=O) groups is 1. The van der Waals surface area contributed by atoms with Gasteiger partial charge in [0.2, 0.25) is 15.9 Å². The molecule has 0 fully saturated rings. The third-order valence-corrected chi connectivity index (χ3v) is 8.41. The number of nitrogens with zero attached hydrogens (tertiary/aromatic N) is 4. The molecular formula is C23H37N5O3S2. The fraction of sp³-hybridized carbons (Fsp3) is 0.609. The number of aromatic nitrogens is 3. The molecule has 8 nitrogen and oxygen atoms in total. The topological polar surface area (TPSA) is 97.2 Å². The Hall–Kier alpha value is -1.91. The summed E-state index contributed by atoms with van der Waals surface area (Å²) >= 11 is 1.34. The first-order valence-corrected chi connectivity index (χ1v) is 13.8. The lowest BCUT2D eigenvalue weighted by molar-refractivity contribution is -0.120. The molecular weight excluding hydrogens is 458 g/mol. The molecule has 2 rings (SSSR count). The Kier molecular flexibility index (Phi) is 9.51. The molecule has 0 bridgehead atoms. The van der Waals surface area contributed by atoms with E-state index in [0.717, 1.165) is 6.42 Å². The maximum Gasteiger partial charge on any atom is 0.243 e. The maximum atomic E-state index is 13.0. The number of sulfonamides is 1. The predicted molar refractivity (Wildman–Crippen MR) is 134 cm³/mol. The minimum atomic E-state index is -3.58. The second-order valence-corrected chi connectivity index (χ2v) is 11.9. The zero-order valence-electron chi connectivity index (χ0n) is 20.8. The van der Waals surface area contributed by atoms with Crippen molar-refractivity contribution in [3.63, 3.8) is 0 Å². The van der Waals surface area contributed by atoms with E-state index in [2.05, 4.69) is 29.4 Å². The molecule has 0 saturated carbocycles. The molecule has 0 unspecified atom stereocenters. The molecule has 0 aliphatic carbocycles. The molecule has 0 saturated heterocycles. The second-order valence-electron chi connectivity index (χ2n) is 9.00. The molecule has 2 aromatic rings. The molecule has 1 heterocycles. The lowest BCUT2D eigenvalue weighted by Gasteiger charge is -2.24. The van der Waals surface area contributed by atoms with Gasteiger partial charge in [0.25, 0.3) is 0 Å². The first-order chi connectivity index (χ1) is 15.4. The van der Waals surface area contributed by atoms with E-state index in [1.165, 1.54) is 16.1 Å². The molecule has 1 N–H and O–H groups in total. The van der Waals surface area contributed by atoms with Gasteiger partial charge in [-0.15, -0.1) is 10.2 Å². The highest BCUT2D eigenvalue weighted by molar-refractivity contribution is 7.99. The monoisotopic (exact) mass is 495 g/mol. The van der Waals surface area contributed by atoms with Crippen molar-refractivity contribution in [1.82, 2.24) is 24.4 Å². The van der Waals surface area contributed by atoms with Crippen LogP contribution >= 0.6 is 11.8 Å². The molecule has 33 heavy (non-hydrogen) atoms. The number of nitrogens with one attached hydrogen (secondary N) is 1. The van der Waals surface area contributed by atoms with Crippen molar-refractivity contribution in [2.24, 2.45) is 5.92 Å². The van der Waals surface area contributed by atoms with Crippen molar-refractivity contribution in [3.05, 3.63) is 24.3 Å². The Bertz CT molecular complexity index is 1040. The number of amides is 1. The minimum absolute atomic E-state index is 0.0557. The summed E-state index contributed by atoms with van der Waals surface area (Å²) in [6.07, 6.45) is 0.837. The van der Waals surface area contributed by atoms with Crippen LogP contribution < -0.4 is 5.32 Å². The quantitative estimate of drug-likeness (QED) is 0.447. The van der Waals surface area contributed by atoms with Crippen molar-refractivity contribution in [1.29, 1.82) is 0 Å². The summed E-state index contributed by atoms with van der Waals surface area (Å²) in [5, 5.41) is 12.4. The SMILES string of the molecule is CCN(CC)S(=O)(=O)c1cccc(-c2nnc(SCC(=O)NC(C)(C)CC)n2CC(C)C)c1. The summed E-state index contributed by atoms with van der Waals surface area (Å²) in [6.45, 7) is 15.3. The van der Waals surface area contributed by atoms with Crippen molar-refractivity contribution in [2.75, 3.05) is 18.8 Å². The highest BCUT2D eigenvalue weighted by Crippen LogP contribution is 2.28. The Morgan fingerprint density at radius 3 is 2.42 bits per heavy atom. The van der Waals surface area contributed by atoms with Crippen LogP contribution in [0.4, 0.5) is 0 Å². The van der Waals surface area contributed by atoms with Crippen LogP contribution in [0.3, 0.4) is 0 Å². The van der Waals surface area contributed by atoms with Gasteiger partial charge < -0.3 is 9.88 Å². The molecule has 0 spiro atoms. The Labute approximate surface area is 202 Å². The number of benzene rings is 1. The summed E-state index contributed by atoms with van der Waals surface area (Å²) in [7, 11) is -3.58. The molecule has 0 radical (unpaired) electrons. The van der Waals surface area contributed by atoms with Crippen LogP contribution in [-0.2, 0) is 21.4 Å². The van der Waals surface area contributed by atoms with Gasteiger partial charge in [-0.05, 0) is 38.3 Å². The van der Waals surface area contributed by atoms with E-state index < -0.39 is 10.0 Å². The van der Waals surface area contributed by atoms with Crippen LogP contribution in [0.15, 0.2) is 34.3 Å². The maximum absolute atomic E-state index is 13.0. The van der Waals surface area contributed by atoms with E-state index in [0.29, 0.717) is 42.1 Å². The van der Waals surface area contributed by atoms with Gasteiger partial charge in [-0.1, -0.05) is 58.5 Å². The van der Waals surface area contributed by atoms with E-state index >= 15 is 0 Å². The fourth-order valence-corrected chi connectivity index (χ4v) is 5.53. The van der Waals surface area contributed by atoms with Gasteiger partial charge in [0.05, 0.1) is 10.6 Å². The highest BCUT2D eigenvalue weighted by Gasteiger charge is 2.24. The summed E-state index contributed by atoms with van der Waals surface area (Å²) in [5.74, 6) is 1.09. The van der Waals surface area contributed by atoms with E-state index in [9.17, 15) is 13.2 Å². The lowest BCUT2D eigenvalue weighted by atomic mass is 10.0. The highest BCUT2D eigenvalue weighted by atomic mass is 32.2. The predicted octanol–water partition coefficient (Wildman–Crippen LogP) is 4.03. The van der Waals surface area contributed by atoms with Crippen molar-refractivity contribution in [3.8, 4) is 11.4 Å². The van der Waals surface area contributed by atoms with Gasteiger partial charge in [0.1, 0.15) is 0 Å². The molecule has 0 atom stereocenters. The molecule has 1 amide bonds. The van der Waals surface area contributed by atoms with Crippen LogP contribution in [0.2, 0.25) is 0 Å². The fourth-order valence-electron chi connectivity index (χ4n) is 3.28. The van der Waals surface area contributed by atoms with Gasteiger partial charge >= 0.3 is 0 Å². The summed E-state index contributed by atoms with van der Waals surface area (Å²) in [5.41, 5.74) is 0.422. The summed E-state index contributed by atoms with van der Waals surface area (Å²) in [4.78, 5) is 12.7.